The number of fused-ring (bicyclic) bond motifs is 5. The molecular formula is C63H43N. The number of anilines is 3. The van der Waals surface area contributed by atoms with Crippen molar-refractivity contribution >= 4 is 38.6 Å². The van der Waals surface area contributed by atoms with E-state index in [0.29, 0.717) is 0 Å². The average Bonchev–Trinajstić information content (AvgIpc) is 3.68. The minimum absolute atomic E-state index is 0.478. The van der Waals surface area contributed by atoms with Gasteiger partial charge in [-0.1, -0.05) is 224 Å². The molecule has 0 fully saturated rings. The first-order chi connectivity index (χ1) is 31.8. The van der Waals surface area contributed by atoms with Crippen molar-refractivity contribution in [3.05, 3.63) is 283 Å². The Balaban J connectivity index is 1.05. The van der Waals surface area contributed by atoms with Crippen LogP contribution in [0.1, 0.15) is 22.3 Å². The van der Waals surface area contributed by atoms with Crippen molar-refractivity contribution in [1.82, 2.24) is 0 Å². The summed E-state index contributed by atoms with van der Waals surface area (Å²) in [5.74, 6) is 0. The summed E-state index contributed by atoms with van der Waals surface area (Å²) in [6.45, 7) is 0. The molecule has 0 atom stereocenters. The highest BCUT2D eigenvalue weighted by Gasteiger charge is 2.45. The zero-order valence-corrected chi connectivity index (χ0v) is 35.3. The molecule has 0 saturated heterocycles. The Morgan fingerprint density at radius 2 is 0.750 bits per heavy atom. The van der Waals surface area contributed by atoms with Gasteiger partial charge in [-0.25, -0.2) is 0 Å². The largest absolute Gasteiger partial charge is 0.310 e. The second-order valence-electron chi connectivity index (χ2n) is 16.8. The fourth-order valence-electron chi connectivity index (χ4n) is 10.5. The van der Waals surface area contributed by atoms with Gasteiger partial charge >= 0.3 is 0 Å². The normalized spacial score (nSPS) is 12.5. The van der Waals surface area contributed by atoms with Crippen LogP contribution in [-0.4, -0.2) is 0 Å². The van der Waals surface area contributed by atoms with Crippen LogP contribution in [0, 0.1) is 0 Å². The minimum Gasteiger partial charge on any atom is -0.310 e. The Bertz CT molecular complexity index is 3430. The van der Waals surface area contributed by atoms with Crippen molar-refractivity contribution in [2.45, 2.75) is 5.41 Å². The van der Waals surface area contributed by atoms with Crippen LogP contribution in [0.3, 0.4) is 0 Å². The lowest BCUT2D eigenvalue weighted by molar-refractivity contribution is 0.768. The summed E-state index contributed by atoms with van der Waals surface area (Å²) < 4.78 is 0. The number of nitrogens with zero attached hydrogens (tertiary/aromatic N) is 1. The Hall–Kier alpha value is -8.26. The highest BCUT2D eigenvalue weighted by atomic mass is 15.1. The van der Waals surface area contributed by atoms with Crippen LogP contribution in [0.5, 0.6) is 0 Å². The van der Waals surface area contributed by atoms with E-state index in [-0.39, 0.29) is 0 Å². The zero-order chi connectivity index (χ0) is 42.5. The lowest BCUT2D eigenvalue weighted by Gasteiger charge is -2.34. The van der Waals surface area contributed by atoms with Crippen molar-refractivity contribution in [2.75, 3.05) is 4.90 Å². The second kappa shape index (κ2) is 15.6. The van der Waals surface area contributed by atoms with Crippen molar-refractivity contribution in [2.24, 2.45) is 0 Å². The molecule has 0 radical (unpaired) electrons. The molecular weight excluding hydrogens is 771 g/mol. The predicted octanol–water partition coefficient (Wildman–Crippen LogP) is 16.8. The molecule has 0 spiro atoms. The summed E-state index contributed by atoms with van der Waals surface area (Å²) in [6, 6.07) is 95.8. The van der Waals surface area contributed by atoms with Gasteiger partial charge in [0.15, 0.2) is 0 Å². The Labute approximate surface area is 374 Å². The van der Waals surface area contributed by atoms with Crippen molar-refractivity contribution < 1.29 is 0 Å². The molecule has 300 valence electrons. The summed E-state index contributed by atoms with van der Waals surface area (Å²) in [5.41, 5.74) is 17.7. The molecule has 1 aliphatic carbocycles. The summed E-state index contributed by atoms with van der Waals surface area (Å²) in [4.78, 5) is 2.44. The van der Waals surface area contributed by atoms with E-state index in [1.165, 1.54) is 88.3 Å². The van der Waals surface area contributed by atoms with Gasteiger partial charge in [-0.15, -0.1) is 0 Å². The average molecular weight is 814 g/mol. The van der Waals surface area contributed by atoms with Gasteiger partial charge in [-0.3, -0.25) is 0 Å². The third-order valence-corrected chi connectivity index (χ3v) is 13.4. The predicted molar refractivity (Wildman–Crippen MR) is 270 cm³/mol. The van der Waals surface area contributed by atoms with E-state index in [1.807, 2.05) is 0 Å². The van der Waals surface area contributed by atoms with Crippen LogP contribution in [0.25, 0.3) is 66.1 Å². The van der Waals surface area contributed by atoms with Crippen LogP contribution in [0.2, 0.25) is 0 Å². The topological polar surface area (TPSA) is 3.24 Å². The molecule has 0 saturated carbocycles. The van der Waals surface area contributed by atoms with Gasteiger partial charge in [-0.05, 0) is 119 Å². The number of rotatable bonds is 8. The smallest absolute Gasteiger partial charge is 0.0713 e. The first-order valence-corrected chi connectivity index (χ1v) is 22.2. The van der Waals surface area contributed by atoms with E-state index in [2.05, 4.69) is 266 Å². The monoisotopic (exact) mass is 813 g/mol. The number of para-hydroxylation sites is 1. The molecule has 1 aliphatic rings. The molecule has 0 heterocycles. The minimum atomic E-state index is -0.478. The zero-order valence-electron chi connectivity index (χ0n) is 35.3. The van der Waals surface area contributed by atoms with Gasteiger partial charge in [0.2, 0.25) is 0 Å². The lowest BCUT2D eigenvalue weighted by Crippen LogP contribution is -2.28. The van der Waals surface area contributed by atoms with Crippen molar-refractivity contribution in [3.63, 3.8) is 0 Å². The van der Waals surface area contributed by atoms with Crippen LogP contribution < -0.4 is 4.90 Å². The number of hydrogen-bond acceptors (Lipinski definition) is 1. The Kier molecular flexibility index (Phi) is 9.13. The van der Waals surface area contributed by atoms with Crippen molar-refractivity contribution in [1.29, 1.82) is 0 Å². The molecule has 11 aromatic carbocycles. The highest BCUT2D eigenvalue weighted by molar-refractivity contribution is 6.09. The quantitative estimate of drug-likeness (QED) is 0.148. The van der Waals surface area contributed by atoms with Gasteiger partial charge < -0.3 is 4.90 Å². The van der Waals surface area contributed by atoms with E-state index >= 15 is 0 Å². The SMILES string of the molecule is c1ccc(-c2cccc3cccc(-c4ccccc4N(c4ccc(-c5ccc6ccccc6c5)cc4)c4ccc(C5(c6ccccc6)c6ccccc6-c6ccccc65)cc4)c23)cc1. The Morgan fingerprint density at radius 3 is 1.44 bits per heavy atom. The van der Waals surface area contributed by atoms with E-state index in [9.17, 15) is 0 Å². The highest BCUT2D eigenvalue weighted by Crippen LogP contribution is 2.56. The maximum Gasteiger partial charge on any atom is 0.0713 e. The Morgan fingerprint density at radius 1 is 0.266 bits per heavy atom. The fourth-order valence-corrected chi connectivity index (χ4v) is 10.5. The molecule has 0 aromatic heterocycles. The molecule has 0 bridgehead atoms. The first kappa shape index (κ1) is 37.5. The molecule has 1 nitrogen and oxygen atoms in total. The maximum atomic E-state index is 2.44. The number of benzene rings is 11. The molecule has 0 unspecified atom stereocenters. The van der Waals surface area contributed by atoms with E-state index < -0.39 is 5.41 Å². The first-order valence-electron chi connectivity index (χ1n) is 22.2. The summed E-state index contributed by atoms with van der Waals surface area (Å²) >= 11 is 0. The molecule has 1 heteroatoms. The number of hydrogen-bond donors (Lipinski definition) is 0. The van der Waals surface area contributed by atoms with E-state index in [1.54, 1.807) is 0 Å². The van der Waals surface area contributed by atoms with E-state index in [4.69, 9.17) is 0 Å². The molecule has 0 aliphatic heterocycles. The molecule has 0 N–H and O–H groups in total. The summed E-state index contributed by atoms with van der Waals surface area (Å²) in [5, 5.41) is 4.95. The van der Waals surface area contributed by atoms with Gasteiger partial charge in [0, 0.05) is 16.9 Å². The van der Waals surface area contributed by atoms with Gasteiger partial charge in [0.05, 0.1) is 11.1 Å². The summed E-state index contributed by atoms with van der Waals surface area (Å²) in [6.07, 6.45) is 0. The molecule has 12 rings (SSSR count). The fraction of sp³-hybridized carbons (Fsp3) is 0.0159. The van der Waals surface area contributed by atoms with Gasteiger partial charge in [-0.2, -0.15) is 0 Å². The van der Waals surface area contributed by atoms with Crippen molar-refractivity contribution in [3.8, 4) is 44.5 Å². The molecule has 64 heavy (non-hydrogen) atoms. The van der Waals surface area contributed by atoms with Crippen LogP contribution in [0.15, 0.2) is 261 Å². The standard InChI is InChI=1S/C63H43N/c1-3-18-46(19-4-1)54-28-15-21-47-22-16-29-58(62(47)54)57-27-11-14-32-61(57)64(52-39-35-45(36-40-52)49-34-33-44-17-7-8-20-48(44)43-49)53-41-37-51(38-42-53)63(50-23-5-2-6-24-50)59-30-12-9-25-55(59)56-26-10-13-31-60(56)63/h1-43H. The van der Waals surface area contributed by atoms with Crippen LogP contribution in [-0.2, 0) is 5.41 Å². The van der Waals surface area contributed by atoms with Gasteiger partial charge in [0.1, 0.15) is 0 Å². The van der Waals surface area contributed by atoms with Gasteiger partial charge in [0.25, 0.3) is 0 Å². The second-order valence-corrected chi connectivity index (χ2v) is 16.8. The third kappa shape index (κ3) is 6.08. The third-order valence-electron chi connectivity index (χ3n) is 13.4. The van der Waals surface area contributed by atoms with E-state index in [0.717, 1.165) is 17.1 Å². The summed E-state index contributed by atoms with van der Waals surface area (Å²) in [7, 11) is 0. The van der Waals surface area contributed by atoms with Crippen LogP contribution >= 0.6 is 0 Å². The maximum absolute atomic E-state index is 2.44. The lowest BCUT2D eigenvalue weighted by atomic mass is 9.68. The molecule has 0 amide bonds. The molecule has 11 aromatic rings. The van der Waals surface area contributed by atoms with Crippen LogP contribution in [0.4, 0.5) is 17.1 Å².